The van der Waals surface area contributed by atoms with Crippen molar-refractivity contribution in [3.05, 3.63) is 29.8 Å². The summed E-state index contributed by atoms with van der Waals surface area (Å²) in [7, 11) is 0. The number of benzene rings is 1. The van der Waals surface area contributed by atoms with E-state index in [1.165, 1.54) is 12.1 Å². The van der Waals surface area contributed by atoms with Crippen LogP contribution in [0.2, 0.25) is 0 Å². The number of ether oxygens (including phenoxy) is 1. The summed E-state index contributed by atoms with van der Waals surface area (Å²) in [5.74, 6) is -0.103. The van der Waals surface area contributed by atoms with Crippen LogP contribution in [0.1, 0.15) is 29.6 Å². The third-order valence-corrected chi connectivity index (χ3v) is 3.74. The number of hydrogen-bond acceptors (Lipinski definition) is 2. The van der Waals surface area contributed by atoms with Gasteiger partial charge in [-0.05, 0) is 48.9 Å². The Morgan fingerprint density at radius 2 is 1.90 bits per heavy atom. The lowest BCUT2D eigenvalue weighted by molar-refractivity contribution is -0.274. The zero-order valence-electron chi connectivity index (χ0n) is 11.2. The molecule has 2 rings (SSSR count). The molecule has 1 amide bonds. The van der Waals surface area contributed by atoms with Crippen LogP contribution in [0, 0.1) is 5.41 Å². The van der Waals surface area contributed by atoms with Gasteiger partial charge in [-0.1, -0.05) is 0 Å². The molecule has 1 aliphatic rings. The van der Waals surface area contributed by atoms with E-state index >= 15 is 0 Å². The predicted octanol–water partition coefficient (Wildman–Crippen LogP) is 3.72. The standard InChI is InChI=1S/C14H15ClF3NO2/c15-8-7-13(5-6-13)9-19-12(20)10-1-3-11(4-2-10)21-14(16,17)18/h1-4H,5-9H2,(H,19,20). The molecule has 1 aromatic rings. The highest BCUT2D eigenvalue weighted by atomic mass is 35.5. The minimum atomic E-state index is -4.73. The third-order valence-electron chi connectivity index (χ3n) is 3.56. The highest BCUT2D eigenvalue weighted by Gasteiger charge is 2.41. The maximum absolute atomic E-state index is 12.0. The van der Waals surface area contributed by atoms with E-state index in [-0.39, 0.29) is 17.1 Å². The van der Waals surface area contributed by atoms with Gasteiger partial charge in [-0.2, -0.15) is 0 Å². The number of carbonyl (C=O) groups excluding carboxylic acids is 1. The molecule has 21 heavy (non-hydrogen) atoms. The maximum atomic E-state index is 12.0. The van der Waals surface area contributed by atoms with E-state index in [0.29, 0.717) is 18.0 Å². The van der Waals surface area contributed by atoms with Gasteiger partial charge < -0.3 is 10.1 Å². The highest BCUT2D eigenvalue weighted by Crippen LogP contribution is 2.48. The van der Waals surface area contributed by atoms with E-state index in [9.17, 15) is 18.0 Å². The van der Waals surface area contributed by atoms with Gasteiger partial charge in [0.2, 0.25) is 0 Å². The Kier molecular flexibility index (Phi) is 4.66. The summed E-state index contributed by atoms with van der Waals surface area (Å²) in [6.07, 6.45) is -1.80. The topological polar surface area (TPSA) is 38.3 Å². The van der Waals surface area contributed by atoms with E-state index < -0.39 is 6.36 Å². The molecule has 1 saturated carbocycles. The van der Waals surface area contributed by atoms with Crippen LogP contribution in [0.3, 0.4) is 0 Å². The third kappa shape index (κ3) is 4.81. The summed E-state index contributed by atoms with van der Waals surface area (Å²) in [5, 5.41) is 2.79. The van der Waals surface area contributed by atoms with Crippen LogP contribution in [0.25, 0.3) is 0 Å². The Hall–Kier alpha value is -1.43. The second kappa shape index (κ2) is 6.13. The number of rotatable bonds is 6. The summed E-state index contributed by atoms with van der Waals surface area (Å²) in [6, 6.07) is 4.84. The Morgan fingerprint density at radius 1 is 1.29 bits per heavy atom. The van der Waals surface area contributed by atoms with E-state index in [1.54, 1.807) is 0 Å². The monoisotopic (exact) mass is 321 g/mol. The first-order chi connectivity index (χ1) is 9.84. The van der Waals surface area contributed by atoms with Crippen molar-refractivity contribution >= 4 is 17.5 Å². The summed E-state index contributed by atoms with van der Waals surface area (Å²) in [4.78, 5) is 11.9. The summed E-state index contributed by atoms with van der Waals surface area (Å²) >= 11 is 5.71. The second-order valence-corrected chi connectivity index (χ2v) is 5.57. The molecule has 0 aliphatic heterocycles. The van der Waals surface area contributed by atoms with Crippen molar-refractivity contribution in [2.75, 3.05) is 12.4 Å². The fourth-order valence-electron chi connectivity index (χ4n) is 2.07. The quantitative estimate of drug-likeness (QED) is 0.811. The first-order valence-electron chi connectivity index (χ1n) is 6.54. The van der Waals surface area contributed by atoms with Gasteiger partial charge in [0.15, 0.2) is 0 Å². The predicted molar refractivity (Wildman–Crippen MR) is 72.5 cm³/mol. The molecule has 0 spiro atoms. The van der Waals surface area contributed by atoms with Gasteiger partial charge in [0.05, 0.1) is 0 Å². The normalized spacial score (nSPS) is 16.4. The summed E-state index contributed by atoms with van der Waals surface area (Å²) in [6.45, 7) is 0.541. The van der Waals surface area contributed by atoms with Crippen molar-refractivity contribution in [2.24, 2.45) is 5.41 Å². The molecule has 1 aromatic carbocycles. The number of halogens is 4. The number of carbonyl (C=O) groups is 1. The number of amides is 1. The van der Waals surface area contributed by atoms with Gasteiger partial charge in [0, 0.05) is 18.0 Å². The van der Waals surface area contributed by atoms with Crippen LogP contribution < -0.4 is 10.1 Å². The first-order valence-corrected chi connectivity index (χ1v) is 7.07. The van der Waals surface area contributed by atoms with Crippen molar-refractivity contribution in [1.29, 1.82) is 0 Å². The summed E-state index contributed by atoms with van der Waals surface area (Å²) < 4.78 is 39.8. The first kappa shape index (κ1) is 15.9. The number of alkyl halides is 4. The minimum Gasteiger partial charge on any atom is -0.406 e. The lowest BCUT2D eigenvalue weighted by Crippen LogP contribution is -2.30. The van der Waals surface area contributed by atoms with Crippen LogP contribution in [0.4, 0.5) is 13.2 Å². The zero-order valence-corrected chi connectivity index (χ0v) is 11.9. The van der Waals surface area contributed by atoms with Gasteiger partial charge >= 0.3 is 6.36 Å². The SMILES string of the molecule is O=C(NCC1(CCCl)CC1)c1ccc(OC(F)(F)F)cc1. The molecular weight excluding hydrogens is 307 g/mol. The Labute approximate surface area is 125 Å². The lowest BCUT2D eigenvalue weighted by atomic mass is 10.0. The van der Waals surface area contributed by atoms with Gasteiger partial charge in [-0.3, -0.25) is 4.79 Å². The average Bonchev–Trinajstić information content (AvgIpc) is 3.16. The van der Waals surface area contributed by atoms with E-state index in [0.717, 1.165) is 31.4 Å². The van der Waals surface area contributed by atoms with Crippen LogP contribution in [-0.4, -0.2) is 24.7 Å². The van der Waals surface area contributed by atoms with E-state index in [2.05, 4.69) is 10.1 Å². The van der Waals surface area contributed by atoms with Gasteiger partial charge in [0.1, 0.15) is 5.75 Å². The molecular formula is C14H15ClF3NO2. The van der Waals surface area contributed by atoms with Crippen LogP contribution in [-0.2, 0) is 0 Å². The lowest BCUT2D eigenvalue weighted by Gasteiger charge is -2.14. The largest absolute Gasteiger partial charge is 0.573 e. The Morgan fingerprint density at radius 3 is 2.38 bits per heavy atom. The molecule has 0 unspecified atom stereocenters. The van der Waals surface area contributed by atoms with E-state index in [4.69, 9.17) is 11.6 Å². The molecule has 1 fully saturated rings. The average molecular weight is 322 g/mol. The van der Waals surface area contributed by atoms with Crippen molar-refractivity contribution in [2.45, 2.75) is 25.6 Å². The maximum Gasteiger partial charge on any atom is 0.573 e. The number of nitrogens with one attached hydrogen (secondary N) is 1. The molecule has 0 bridgehead atoms. The fourth-order valence-corrected chi connectivity index (χ4v) is 2.47. The van der Waals surface area contributed by atoms with Crippen molar-refractivity contribution in [1.82, 2.24) is 5.32 Å². The smallest absolute Gasteiger partial charge is 0.406 e. The molecule has 0 saturated heterocycles. The minimum absolute atomic E-state index is 0.108. The molecule has 0 atom stereocenters. The molecule has 0 aromatic heterocycles. The van der Waals surface area contributed by atoms with Gasteiger partial charge in [-0.25, -0.2) is 0 Å². The molecule has 3 nitrogen and oxygen atoms in total. The Balaban J connectivity index is 1.88. The molecule has 1 aliphatic carbocycles. The van der Waals surface area contributed by atoms with Gasteiger partial charge in [0.25, 0.3) is 5.91 Å². The van der Waals surface area contributed by atoms with Gasteiger partial charge in [-0.15, -0.1) is 24.8 Å². The van der Waals surface area contributed by atoms with E-state index in [1.807, 2.05) is 0 Å². The fraction of sp³-hybridized carbons (Fsp3) is 0.500. The molecule has 1 N–H and O–H groups in total. The molecule has 0 heterocycles. The molecule has 7 heteroatoms. The number of hydrogen-bond donors (Lipinski definition) is 1. The van der Waals surface area contributed by atoms with Crippen molar-refractivity contribution in [3.8, 4) is 5.75 Å². The van der Waals surface area contributed by atoms with Crippen LogP contribution >= 0.6 is 11.6 Å². The molecule has 116 valence electrons. The zero-order chi connectivity index (χ0) is 15.5. The molecule has 0 radical (unpaired) electrons. The van der Waals surface area contributed by atoms with Crippen molar-refractivity contribution < 1.29 is 22.7 Å². The van der Waals surface area contributed by atoms with Crippen LogP contribution in [0.15, 0.2) is 24.3 Å². The highest BCUT2D eigenvalue weighted by molar-refractivity contribution is 6.17. The Bertz CT molecular complexity index is 498. The second-order valence-electron chi connectivity index (χ2n) is 5.19. The summed E-state index contributed by atoms with van der Waals surface area (Å²) in [5.41, 5.74) is 0.405. The van der Waals surface area contributed by atoms with Crippen LogP contribution in [0.5, 0.6) is 5.75 Å². The van der Waals surface area contributed by atoms with Crippen molar-refractivity contribution in [3.63, 3.8) is 0 Å².